The van der Waals surface area contributed by atoms with Crippen molar-refractivity contribution >= 4 is 23.1 Å². The van der Waals surface area contributed by atoms with Gasteiger partial charge in [0.15, 0.2) is 0 Å². The predicted octanol–water partition coefficient (Wildman–Crippen LogP) is 3.43. The molecule has 0 bridgehead atoms. The van der Waals surface area contributed by atoms with Crippen LogP contribution in [0.15, 0.2) is 35.8 Å². The molecule has 2 aromatic rings. The van der Waals surface area contributed by atoms with Crippen LogP contribution in [0.4, 0.5) is 10.5 Å². The number of urea groups is 1. The molecule has 1 fully saturated rings. The van der Waals surface area contributed by atoms with Gasteiger partial charge in [-0.2, -0.15) is 0 Å². The first-order valence-corrected chi connectivity index (χ1v) is 8.75. The van der Waals surface area contributed by atoms with E-state index in [1.807, 2.05) is 29.6 Å². The second kappa shape index (κ2) is 7.10. The third-order valence-electron chi connectivity index (χ3n) is 4.22. The van der Waals surface area contributed by atoms with E-state index in [-0.39, 0.29) is 18.1 Å². The van der Waals surface area contributed by atoms with Crippen molar-refractivity contribution in [2.45, 2.75) is 25.9 Å². The van der Waals surface area contributed by atoms with Gasteiger partial charge in [0.1, 0.15) is 5.01 Å². The fourth-order valence-electron chi connectivity index (χ4n) is 2.89. The van der Waals surface area contributed by atoms with E-state index in [4.69, 9.17) is 0 Å². The summed E-state index contributed by atoms with van der Waals surface area (Å²) in [6.45, 7) is 3.14. The van der Waals surface area contributed by atoms with Gasteiger partial charge in [-0.3, -0.25) is 0 Å². The number of nitrogens with one attached hydrogen (secondary N) is 1. The first kappa shape index (κ1) is 16.0. The van der Waals surface area contributed by atoms with E-state index in [1.54, 1.807) is 29.4 Å². The molecule has 6 heteroatoms. The summed E-state index contributed by atoms with van der Waals surface area (Å²) < 4.78 is 0. The molecule has 5 nitrogen and oxygen atoms in total. The Hall–Kier alpha value is -1.92. The van der Waals surface area contributed by atoms with Crippen LogP contribution in [0.1, 0.15) is 19.8 Å². The number of aromatic nitrogens is 1. The van der Waals surface area contributed by atoms with Crippen molar-refractivity contribution < 1.29 is 9.90 Å². The average Bonchev–Trinajstić information content (AvgIpc) is 3.10. The van der Waals surface area contributed by atoms with Crippen LogP contribution in [0.3, 0.4) is 0 Å². The van der Waals surface area contributed by atoms with Gasteiger partial charge in [0, 0.05) is 41.8 Å². The Morgan fingerprint density at radius 3 is 3.13 bits per heavy atom. The van der Waals surface area contributed by atoms with E-state index in [0.29, 0.717) is 6.54 Å². The second-order valence-corrected chi connectivity index (χ2v) is 6.83. The maximum Gasteiger partial charge on any atom is 0.321 e. The molecule has 0 radical (unpaired) electrons. The van der Waals surface area contributed by atoms with Gasteiger partial charge in [0.2, 0.25) is 0 Å². The highest BCUT2D eigenvalue weighted by molar-refractivity contribution is 7.13. The molecule has 1 saturated heterocycles. The van der Waals surface area contributed by atoms with Gasteiger partial charge in [0.25, 0.3) is 0 Å². The number of hydrogen-bond donors (Lipinski definition) is 2. The smallest absolute Gasteiger partial charge is 0.321 e. The van der Waals surface area contributed by atoms with Crippen molar-refractivity contribution in [3.8, 4) is 10.6 Å². The molecule has 1 aromatic heterocycles. The minimum Gasteiger partial charge on any atom is -0.393 e. The number of amides is 2. The number of carbonyl (C=O) groups is 1. The van der Waals surface area contributed by atoms with Gasteiger partial charge in [0.05, 0.1) is 6.10 Å². The van der Waals surface area contributed by atoms with Crippen molar-refractivity contribution in [1.29, 1.82) is 0 Å². The average molecular weight is 331 g/mol. The van der Waals surface area contributed by atoms with E-state index in [9.17, 15) is 9.90 Å². The van der Waals surface area contributed by atoms with Crippen molar-refractivity contribution in [1.82, 2.24) is 9.88 Å². The molecule has 122 valence electrons. The fourth-order valence-corrected chi connectivity index (χ4v) is 3.52. The summed E-state index contributed by atoms with van der Waals surface area (Å²) in [6, 6.07) is 7.62. The highest BCUT2D eigenvalue weighted by atomic mass is 32.1. The van der Waals surface area contributed by atoms with Crippen LogP contribution in [0.2, 0.25) is 0 Å². The molecule has 0 spiro atoms. The van der Waals surface area contributed by atoms with Crippen LogP contribution in [-0.2, 0) is 0 Å². The van der Waals surface area contributed by atoms with Gasteiger partial charge in [-0.1, -0.05) is 12.1 Å². The summed E-state index contributed by atoms with van der Waals surface area (Å²) in [5.41, 5.74) is 1.76. The number of aliphatic hydroxyl groups excluding tert-OH is 1. The number of nitrogens with zero attached hydrogens (tertiary/aromatic N) is 2. The van der Waals surface area contributed by atoms with Crippen molar-refractivity contribution in [2.24, 2.45) is 5.92 Å². The Morgan fingerprint density at radius 2 is 2.39 bits per heavy atom. The fraction of sp³-hybridized carbons (Fsp3) is 0.412. The zero-order valence-corrected chi connectivity index (χ0v) is 13.9. The van der Waals surface area contributed by atoms with Crippen LogP contribution in [0.5, 0.6) is 0 Å². The molecule has 2 amide bonds. The van der Waals surface area contributed by atoms with Gasteiger partial charge in [-0.05, 0) is 31.9 Å². The molecule has 2 atom stereocenters. The number of rotatable bonds is 3. The Labute approximate surface area is 140 Å². The molecule has 2 heterocycles. The summed E-state index contributed by atoms with van der Waals surface area (Å²) in [5.74, 6) is 0.163. The Kier molecular flexibility index (Phi) is 4.93. The maximum absolute atomic E-state index is 12.5. The molecule has 23 heavy (non-hydrogen) atoms. The standard InChI is InChI=1S/C17H21N3O2S/c1-12(21)14-5-3-8-20(11-14)17(22)19-15-6-2-4-13(10-15)16-18-7-9-23-16/h2,4,6-7,9-10,12,14,21H,3,5,8,11H2,1H3,(H,19,22). The molecule has 2 unspecified atom stereocenters. The lowest BCUT2D eigenvalue weighted by molar-refractivity contribution is 0.0766. The first-order chi connectivity index (χ1) is 11.1. The van der Waals surface area contributed by atoms with Crippen LogP contribution in [0.25, 0.3) is 10.6 Å². The minimum atomic E-state index is -0.376. The van der Waals surface area contributed by atoms with Crippen LogP contribution < -0.4 is 5.32 Å². The number of hydrogen-bond acceptors (Lipinski definition) is 4. The topological polar surface area (TPSA) is 65.5 Å². The van der Waals surface area contributed by atoms with Crippen LogP contribution in [-0.4, -0.2) is 40.2 Å². The molecule has 1 aromatic carbocycles. The SMILES string of the molecule is CC(O)C1CCCN(C(=O)Nc2cccc(-c3nccs3)c2)C1. The summed E-state index contributed by atoms with van der Waals surface area (Å²) in [6.07, 6.45) is 3.30. The molecule has 1 aliphatic rings. The van der Waals surface area contributed by atoms with Crippen LogP contribution in [0, 0.1) is 5.92 Å². The Morgan fingerprint density at radius 1 is 1.52 bits per heavy atom. The van der Waals surface area contributed by atoms with Crippen molar-refractivity contribution in [2.75, 3.05) is 18.4 Å². The molecule has 0 saturated carbocycles. The van der Waals surface area contributed by atoms with E-state index in [2.05, 4.69) is 10.3 Å². The highest BCUT2D eigenvalue weighted by Gasteiger charge is 2.26. The lowest BCUT2D eigenvalue weighted by Gasteiger charge is -2.34. The lowest BCUT2D eigenvalue weighted by atomic mass is 9.94. The normalized spacial score (nSPS) is 19.4. The quantitative estimate of drug-likeness (QED) is 0.905. The zero-order chi connectivity index (χ0) is 16.2. The summed E-state index contributed by atoms with van der Waals surface area (Å²) in [7, 11) is 0. The summed E-state index contributed by atoms with van der Waals surface area (Å²) in [4.78, 5) is 18.5. The monoisotopic (exact) mass is 331 g/mol. The summed E-state index contributed by atoms with van der Waals surface area (Å²) in [5, 5.41) is 15.6. The number of carbonyl (C=O) groups excluding carboxylic acids is 1. The van der Waals surface area contributed by atoms with Gasteiger partial charge >= 0.3 is 6.03 Å². The number of thiazole rings is 1. The molecule has 1 aliphatic heterocycles. The second-order valence-electron chi connectivity index (χ2n) is 5.94. The number of anilines is 1. The zero-order valence-electron chi connectivity index (χ0n) is 13.1. The third-order valence-corrected chi connectivity index (χ3v) is 5.04. The summed E-state index contributed by atoms with van der Waals surface area (Å²) >= 11 is 1.57. The molecule has 0 aliphatic carbocycles. The van der Waals surface area contributed by atoms with Crippen molar-refractivity contribution in [3.63, 3.8) is 0 Å². The maximum atomic E-state index is 12.5. The van der Waals surface area contributed by atoms with E-state index in [1.165, 1.54) is 0 Å². The Bertz CT molecular complexity index is 658. The van der Waals surface area contributed by atoms with Gasteiger partial charge in [-0.25, -0.2) is 9.78 Å². The van der Waals surface area contributed by atoms with E-state index in [0.717, 1.165) is 35.6 Å². The Balaban J connectivity index is 1.67. The molecular formula is C17H21N3O2S. The third kappa shape index (κ3) is 3.89. The van der Waals surface area contributed by atoms with E-state index < -0.39 is 0 Å². The number of likely N-dealkylation sites (tertiary alicyclic amines) is 1. The molecular weight excluding hydrogens is 310 g/mol. The number of piperidine rings is 1. The first-order valence-electron chi connectivity index (χ1n) is 7.87. The minimum absolute atomic E-state index is 0.105. The molecule has 2 N–H and O–H groups in total. The predicted molar refractivity (Wildman–Crippen MR) is 92.5 cm³/mol. The number of benzene rings is 1. The molecule has 3 rings (SSSR count). The van der Waals surface area contributed by atoms with Gasteiger partial charge < -0.3 is 15.3 Å². The highest BCUT2D eigenvalue weighted by Crippen LogP contribution is 2.25. The number of aliphatic hydroxyl groups is 1. The van der Waals surface area contributed by atoms with Crippen molar-refractivity contribution in [3.05, 3.63) is 35.8 Å². The van der Waals surface area contributed by atoms with E-state index >= 15 is 0 Å². The van der Waals surface area contributed by atoms with Crippen LogP contribution >= 0.6 is 11.3 Å². The lowest BCUT2D eigenvalue weighted by Crippen LogP contribution is -2.44. The largest absolute Gasteiger partial charge is 0.393 e. The van der Waals surface area contributed by atoms with Gasteiger partial charge in [-0.15, -0.1) is 11.3 Å².